The monoisotopic (exact) mass is 201 g/mol. The van der Waals surface area contributed by atoms with Crippen LogP contribution in [0, 0.1) is 11.3 Å². The minimum absolute atomic E-state index is 0.195. The van der Waals surface area contributed by atoms with Crippen LogP contribution in [0.25, 0.3) is 0 Å². The predicted octanol–water partition coefficient (Wildman–Crippen LogP) is 1.02. The number of aliphatic hydroxyl groups excluding tert-OH is 1. The van der Waals surface area contributed by atoms with Crippen LogP contribution in [0.3, 0.4) is 0 Å². The second kappa shape index (κ2) is 5.10. The van der Waals surface area contributed by atoms with Gasteiger partial charge in [-0.1, -0.05) is 13.8 Å². The van der Waals surface area contributed by atoms with Crippen LogP contribution in [-0.2, 0) is 4.74 Å². The summed E-state index contributed by atoms with van der Waals surface area (Å²) < 4.78 is 5.16. The lowest BCUT2D eigenvalue weighted by molar-refractivity contribution is 0.135. The number of nitrogens with one attached hydrogen (secondary N) is 1. The van der Waals surface area contributed by atoms with Crippen LogP contribution in [0.5, 0.6) is 0 Å². The van der Waals surface area contributed by atoms with Crippen LogP contribution < -0.4 is 5.32 Å². The van der Waals surface area contributed by atoms with Gasteiger partial charge in [0.25, 0.3) is 0 Å². The Labute approximate surface area is 86.8 Å². The maximum atomic E-state index is 9.17. The van der Waals surface area contributed by atoms with Crippen LogP contribution >= 0.6 is 0 Å². The highest BCUT2D eigenvalue weighted by atomic mass is 16.5. The normalized spacial score (nSPS) is 21.2. The zero-order chi connectivity index (χ0) is 10.6. The molecule has 0 bridgehead atoms. The summed E-state index contributed by atoms with van der Waals surface area (Å²) in [4.78, 5) is 0. The van der Waals surface area contributed by atoms with Crippen LogP contribution in [0.15, 0.2) is 0 Å². The van der Waals surface area contributed by atoms with Gasteiger partial charge in [-0.05, 0) is 18.8 Å². The molecular formula is C11H23NO2. The highest BCUT2D eigenvalue weighted by Crippen LogP contribution is 2.44. The Bertz CT molecular complexity index is 167. The molecule has 3 heteroatoms. The van der Waals surface area contributed by atoms with Crippen molar-refractivity contribution in [3.8, 4) is 0 Å². The number of aliphatic hydroxyl groups is 1. The van der Waals surface area contributed by atoms with Crippen molar-refractivity contribution < 1.29 is 9.84 Å². The van der Waals surface area contributed by atoms with Crippen molar-refractivity contribution in [3.05, 3.63) is 0 Å². The van der Waals surface area contributed by atoms with Gasteiger partial charge in [0.1, 0.15) is 0 Å². The second-order valence-electron chi connectivity index (χ2n) is 4.84. The van der Waals surface area contributed by atoms with Crippen molar-refractivity contribution in [1.29, 1.82) is 0 Å². The van der Waals surface area contributed by atoms with E-state index >= 15 is 0 Å². The van der Waals surface area contributed by atoms with Gasteiger partial charge in [-0.3, -0.25) is 0 Å². The summed E-state index contributed by atoms with van der Waals surface area (Å²) in [6, 6.07) is 0.407. The molecule has 1 atom stereocenters. The lowest BCUT2D eigenvalue weighted by Crippen LogP contribution is -2.41. The first-order valence-corrected chi connectivity index (χ1v) is 5.47. The Kier molecular flexibility index (Phi) is 4.35. The Balaban J connectivity index is 2.26. The summed E-state index contributed by atoms with van der Waals surface area (Å²) in [5.41, 5.74) is 0.195. The molecular weight excluding hydrogens is 178 g/mol. The first-order valence-electron chi connectivity index (χ1n) is 5.47. The first-order chi connectivity index (χ1) is 6.63. The average molecular weight is 201 g/mol. The van der Waals surface area contributed by atoms with Crippen molar-refractivity contribution in [3.63, 3.8) is 0 Å². The summed E-state index contributed by atoms with van der Waals surface area (Å²) in [7, 11) is 1.73. The topological polar surface area (TPSA) is 41.5 Å². The van der Waals surface area contributed by atoms with Crippen LogP contribution in [0.2, 0.25) is 0 Å². The molecule has 3 nitrogen and oxygen atoms in total. The van der Waals surface area contributed by atoms with Gasteiger partial charge in [0.2, 0.25) is 0 Å². The SMILES string of the molecule is COCC(NCC1(CO)CC1)C(C)C. The van der Waals surface area contributed by atoms with Crippen molar-refractivity contribution in [2.24, 2.45) is 11.3 Å². The maximum Gasteiger partial charge on any atom is 0.0618 e. The van der Waals surface area contributed by atoms with Crippen molar-refractivity contribution in [2.75, 3.05) is 26.9 Å². The summed E-state index contributed by atoms with van der Waals surface area (Å²) >= 11 is 0. The Morgan fingerprint density at radius 3 is 2.43 bits per heavy atom. The van der Waals surface area contributed by atoms with Crippen LogP contribution in [-0.4, -0.2) is 38.0 Å². The quantitative estimate of drug-likeness (QED) is 0.646. The fourth-order valence-electron chi connectivity index (χ4n) is 1.58. The number of hydrogen-bond donors (Lipinski definition) is 2. The van der Waals surface area contributed by atoms with Gasteiger partial charge in [-0.25, -0.2) is 0 Å². The maximum absolute atomic E-state index is 9.17. The molecule has 2 N–H and O–H groups in total. The van der Waals surface area contributed by atoms with E-state index in [2.05, 4.69) is 19.2 Å². The fraction of sp³-hybridized carbons (Fsp3) is 1.00. The Hall–Kier alpha value is -0.120. The van der Waals surface area contributed by atoms with Gasteiger partial charge < -0.3 is 15.2 Å². The van der Waals surface area contributed by atoms with Crippen molar-refractivity contribution in [1.82, 2.24) is 5.32 Å². The summed E-state index contributed by atoms with van der Waals surface area (Å²) in [6.07, 6.45) is 2.32. The lowest BCUT2D eigenvalue weighted by atomic mass is 10.0. The minimum atomic E-state index is 0.195. The van der Waals surface area contributed by atoms with Gasteiger partial charge in [-0.2, -0.15) is 0 Å². The van der Waals surface area contributed by atoms with Gasteiger partial charge in [0.05, 0.1) is 6.61 Å². The standard InChI is InChI=1S/C11H23NO2/c1-9(2)10(6-14-3)12-7-11(8-13)4-5-11/h9-10,12-13H,4-8H2,1-3H3. The third kappa shape index (κ3) is 3.23. The number of hydrogen-bond acceptors (Lipinski definition) is 3. The molecule has 1 rings (SSSR count). The Morgan fingerprint density at radius 2 is 2.07 bits per heavy atom. The zero-order valence-electron chi connectivity index (χ0n) is 9.55. The summed E-state index contributed by atoms with van der Waals surface area (Å²) in [6.45, 7) is 6.37. The van der Waals surface area contributed by atoms with Gasteiger partial charge in [-0.15, -0.1) is 0 Å². The van der Waals surface area contributed by atoms with E-state index < -0.39 is 0 Å². The molecule has 0 aromatic heterocycles. The van der Waals surface area contributed by atoms with Gasteiger partial charge in [0.15, 0.2) is 0 Å². The molecule has 0 heterocycles. The largest absolute Gasteiger partial charge is 0.396 e. The molecule has 14 heavy (non-hydrogen) atoms. The van der Waals surface area contributed by atoms with Gasteiger partial charge >= 0.3 is 0 Å². The average Bonchev–Trinajstić information content (AvgIpc) is 2.92. The van der Waals surface area contributed by atoms with E-state index in [4.69, 9.17) is 9.84 Å². The van der Waals surface area contributed by atoms with E-state index in [9.17, 15) is 0 Å². The van der Waals surface area contributed by atoms with Crippen LogP contribution in [0.1, 0.15) is 26.7 Å². The molecule has 84 valence electrons. The van der Waals surface area contributed by atoms with E-state index in [1.165, 1.54) is 0 Å². The van der Waals surface area contributed by atoms with E-state index in [-0.39, 0.29) is 5.41 Å². The minimum Gasteiger partial charge on any atom is -0.396 e. The first kappa shape index (κ1) is 12.0. The van der Waals surface area contributed by atoms with Crippen LogP contribution in [0.4, 0.5) is 0 Å². The molecule has 0 radical (unpaired) electrons. The predicted molar refractivity (Wildman–Crippen MR) is 57.3 cm³/mol. The second-order valence-corrected chi connectivity index (χ2v) is 4.84. The molecule has 1 saturated carbocycles. The smallest absolute Gasteiger partial charge is 0.0618 e. The molecule has 0 saturated heterocycles. The van der Waals surface area contributed by atoms with E-state index in [0.717, 1.165) is 26.0 Å². The molecule has 1 aliphatic rings. The molecule has 0 amide bonds. The molecule has 0 aromatic carbocycles. The van der Waals surface area contributed by atoms with Gasteiger partial charge in [0, 0.05) is 31.7 Å². The zero-order valence-corrected chi connectivity index (χ0v) is 9.55. The Morgan fingerprint density at radius 1 is 1.43 bits per heavy atom. The molecule has 1 fully saturated rings. The highest BCUT2D eigenvalue weighted by Gasteiger charge is 2.41. The third-order valence-corrected chi connectivity index (χ3v) is 3.18. The third-order valence-electron chi connectivity index (χ3n) is 3.18. The van der Waals surface area contributed by atoms with E-state index in [1.807, 2.05) is 0 Å². The number of methoxy groups -OCH3 is 1. The number of rotatable bonds is 7. The number of ether oxygens (including phenoxy) is 1. The molecule has 1 aliphatic carbocycles. The molecule has 0 spiro atoms. The highest BCUT2D eigenvalue weighted by molar-refractivity contribution is 4.95. The van der Waals surface area contributed by atoms with E-state index in [0.29, 0.717) is 18.6 Å². The molecule has 0 aliphatic heterocycles. The summed E-state index contributed by atoms with van der Waals surface area (Å²) in [5.74, 6) is 0.574. The summed E-state index contributed by atoms with van der Waals surface area (Å²) in [5, 5.41) is 12.7. The molecule has 0 aromatic rings. The molecule has 1 unspecified atom stereocenters. The van der Waals surface area contributed by atoms with Crippen molar-refractivity contribution in [2.45, 2.75) is 32.7 Å². The fourth-order valence-corrected chi connectivity index (χ4v) is 1.58. The van der Waals surface area contributed by atoms with E-state index in [1.54, 1.807) is 7.11 Å². The lowest BCUT2D eigenvalue weighted by Gasteiger charge is -2.24. The van der Waals surface area contributed by atoms with Crippen molar-refractivity contribution >= 4 is 0 Å².